The Morgan fingerprint density at radius 1 is 1.29 bits per heavy atom. The van der Waals surface area contributed by atoms with Crippen molar-refractivity contribution in [2.45, 2.75) is 0 Å². The van der Waals surface area contributed by atoms with E-state index in [4.69, 9.17) is 5.73 Å². The van der Waals surface area contributed by atoms with E-state index in [-0.39, 0.29) is 0 Å². The highest BCUT2D eigenvalue weighted by atomic mass is 15.4. The summed E-state index contributed by atoms with van der Waals surface area (Å²) < 4.78 is 0. The molecule has 1 aromatic carbocycles. The molecule has 0 heterocycles. The topological polar surface area (TPSA) is 41.6 Å². The van der Waals surface area contributed by atoms with E-state index in [0.717, 1.165) is 11.3 Å². The standard InChI is InChI=1S/C11H15N3/c1-14(2)13-9-5-7-10-6-3-4-8-11(10)12/h3-9H,12H2,1-2H3/b7-5+,13-9+. The molecule has 0 saturated carbocycles. The van der Waals surface area contributed by atoms with Gasteiger partial charge in [-0.05, 0) is 17.7 Å². The first-order valence-electron chi connectivity index (χ1n) is 4.42. The van der Waals surface area contributed by atoms with Crippen LogP contribution in [0.4, 0.5) is 5.69 Å². The summed E-state index contributed by atoms with van der Waals surface area (Å²) in [5.74, 6) is 0. The molecular formula is C11H15N3. The molecule has 74 valence electrons. The molecule has 0 amide bonds. The Morgan fingerprint density at radius 3 is 2.64 bits per heavy atom. The van der Waals surface area contributed by atoms with Crippen LogP contribution >= 0.6 is 0 Å². The van der Waals surface area contributed by atoms with Crippen LogP contribution in [0.15, 0.2) is 35.4 Å². The number of nitrogen functional groups attached to an aromatic ring is 1. The minimum atomic E-state index is 0.780. The van der Waals surface area contributed by atoms with Gasteiger partial charge in [0.1, 0.15) is 0 Å². The fourth-order valence-corrected chi connectivity index (χ4v) is 0.981. The average Bonchev–Trinajstić information content (AvgIpc) is 2.15. The summed E-state index contributed by atoms with van der Waals surface area (Å²) in [6.07, 6.45) is 5.53. The SMILES string of the molecule is CN(C)/N=C/C=C/c1ccccc1N. The van der Waals surface area contributed by atoms with Crippen molar-refractivity contribution in [1.29, 1.82) is 0 Å². The fraction of sp³-hybridized carbons (Fsp3) is 0.182. The lowest BCUT2D eigenvalue weighted by molar-refractivity contribution is 0.440. The lowest BCUT2D eigenvalue weighted by Crippen LogP contribution is -2.00. The molecular weight excluding hydrogens is 174 g/mol. The molecule has 1 aromatic rings. The number of anilines is 1. The maximum Gasteiger partial charge on any atom is 0.0470 e. The van der Waals surface area contributed by atoms with E-state index in [1.807, 2.05) is 50.5 Å². The van der Waals surface area contributed by atoms with Crippen LogP contribution in [0.25, 0.3) is 6.08 Å². The van der Waals surface area contributed by atoms with Gasteiger partial charge in [0, 0.05) is 26.0 Å². The van der Waals surface area contributed by atoms with Gasteiger partial charge in [-0.1, -0.05) is 24.3 Å². The number of para-hydroxylation sites is 1. The summed E-state index contributed by atoms with van der Waals surface area (Å²) in [7, 11) is 3.75. The van der Waals surface area contributed by atoms with Gasteiger partial charge in [-0.3, -0.25) is 0 Å². The summed E-state index contributed by atoms with van der Waals surface area (Å²) in [6, 6.07) is 7.72. The minimum Gasteiger partial charge on any atom is -0.398 e. The fourth-order valence-electron chi connectivity index (χ4n) is 0.981. The predicted molar refractivity (Wildman–Crippen MR) is 62.1 cm³/mol. The molecule has 3 heteroatoms. The number of benzene rings is 1. The zero-order valence-corrected chi connectivity index (χ0v) is 8.51. The van der Waals surface area contributed by atoms with E-state index in [2.05, 4.69) is 5.10 Å². The zero-order valence-electron chi connectivity index (χ0n) is 8.51. The average molecular weight is 189 g/mol. The van der Waals surface area contributed by atoms with Gasteiger partial charge in [0.25, 0.3) is 0 Å². The zero-order chi connectivity index (χ0) is 10.4. The van der Waals surface area contributed by atoms with E-state index in [1.54, 1.807) is 11.2 Å². The molecule has 0 atom stereocenters. The molecule has 14 heavy (non-hydrogen) atoms. The second kappa shape index (κ2) is 5.07. The van der Waals surface area contributed by atoms with Gasteiger partial charge in [-0.2, -0.15) is 5.10 Å². The van der Waals surface area contributed by atoms with Crippen molar-refractivity contribution in [3.8, 4) is 0 Å². The van der Waals surface area contributed by atoms with E-state index in [0.29, 0.717) is 0 Å². The molecule has 0 bridgehead atoms. The molecule has 0 aliphatic heterocycles. The van der Waals surface area contributed by atoms with E-state index in [9.17, 15) is 0 Å². The van der Waals surface area contributed by atoms with Gasteiger partial charge >= 0.3 is 0 Å². The number of nitrogens with two attached hydrogens (primary N) is 1. The molecule has 0 radical (unpaired) electrons. The Labute approximate surface area is 84.5 Å². The number of allylic oxidation sites excluding steroid dienone is 1. The second-order valence-electron chi connectivity index (χ2n) is 3.10. The van der Waals surface area contributed by atoms with Crippen LogP contribution in [0.5, 0.6) is 0 Å². The Morgan fingerprint density at radius 2 is 2.00 bits per heavy atom. The third kappa shape index (κ3) is 3.31. The summed E-state index contributed by atoms with van der Waals surface area (Å²) in [5.41, 5.74) is 7.55. The predicted octanol–water partition coefficient (Wildman–Crippen LogP) is 1.83. The lowest BCUT2D eigenvalue weighted by Gasteiger charge is -2.00. The van der Waals surface area contributed by atoms with E-state index in [1.165, 1.54) is 0 Å². The molecule has 0 saturated heterocycles. The summed E-state index contributed by atoms with van der Waals surface area (Å²) >= 11 is 0. The highest BCUT2D eigenvalue weighted by Crippen LogP contribution is 2.11. The molecule has 0 fully saturated rings. The quantitative estimate of drug-likeness (QED) is 0.448. The van der Waals surface area contributed by atoms with Crippen molar-refractivity contribution in [3.05, 3.63) is 35.9 Å². The van der Waals surface area contributed by atoms with Crippen LogP contribution in [0.3, 0.4) is 0 Å². The van der Waals surface area contributed by atoms with Crippen molar-refractivity contribution in [2.75, 3.05) is 19.8 Å². The number of rotatable bonds is 3. The van der Waals surface area contributed by atoms with E-state index >= 15 is 0 Å². The summed E-state index contributed by atoms with van der Waals surface area (Å²) in [5, 5.41) is 5.78. The van der Waals surface area contributed by atoms with Gasteiger partial charge in [-0.15, -0.1) is 0 Å². The van der Waals surface area contributed by atoms with Crippen LogP contribution in [0.1, 0.15) is 5.56 Å². The van der Waals surface area contributed by atoms with Crippen molar-refractivity contribution in [3.63, 3.8) is 0 Å². The van der Waals surface area contributed by atoms with Crippen LogP contribution < -0.4 is 5.73 Å². The van der Waals surface area contributed by atoms with Crippen LogP contribution in [-0.2, 0) is 0 Å². The molecule has 0 spiro atoms. The molecule has 0 unspecified atom stereocenters. The normalized spacial score (nSPS) is 11.3. The third-order valence-corrected chi connectivity index (χ3v) is 1.66. The maximum atomic E-state index is 5.76. The minimum absolute atomic E-state index is 0.780. The van der Waals surface area contributed by atoms with Crippen LogP contribution in [0, 0.1) is 0 Å². The van der Waals surface area contributed by atoms with E-state index < -0.39 is 0 Å². The maximum absolute atomic E-state index is 5.76. The van der Waals surface area contributed by atoms with Crippen molar-refractivity contribution >= 4 is 18.0 Å². The molecule has 0 aliphatic carbocycles. The second-order valence-corrected chi connectivity index (χ2v) is 3.10. The Hall–Kier alpha value is -1.77. The van der Waals surface area contributed by atoms with Gasteiger partial charge in [-0.25, -0.2) is 0 Å². The summed E-state index contributed by atoms with van der Waals surface area (Å²) in [4.78, 5) is 0. The molecule has 1 rings (SSSR count). The monoisotopic (exact) mass is 189 g/mol. The van der Waals surface area contributed by atoms with Gasteiger partial charge in [0.15, 0.2) is 0 Å². The van der Waals surface area contributed by atoms with Crippen molar-refractivity contribution in [1.82, 2.24) is 5.01 Å². The number of hydrogen-bond acceptors (Lipinski definition) is 3. The van der Waals surface area contributed by atoms with Gasteiger partial charge in [0.05, 0.1) is 0 Å². The van der Waals surface area contributed by atoms with Gasteiger partial charge < -0.3 is 10.7 Å². The number of hydrazone groups is 1. The highest BCUT2D eigenvalue weighted by molar-refractivity contribution is 5.80. The molecule has 2 N–H and O–H groups in total. The first-order chi connectivity index (χ1) is 6.70. The summed E-state index contributed by atoms with van der Waals surface area (Å²) in [6.45, 7) is 0. The smallest absolute Gasteiger partial charge is 0.0470 e. The Balaban J connectivity index is 2.65. The van der Waals surface area contributed by atoms with Crippen LogP contribution in [-0.4, -0.2) is 25.3 Å². The van der Waals surface area contributed by atoms with Gasteiger partial charge in [0.2, 0.25) is 0 Å². The highest BCUT2D eigenvalue weighted by Gasteiger charge is 1.89. The molecule has 0 aliphatic rings. The third-order valence-electron chi connectivity index (χ3n) is 1.66. The molecule has 0 aromatic heterocycles. The largest absolute Gasteiger partial charge is 0.398 e. The first-order valence-corrected chi connectivity index (χ1v) is 4.42. The Kier molecular flexibility index (Phi) is 3.73. The van der Waals surface area contributed by atoms with Crippen molar-refractivity contribution < 1.29 is 0 Å². The lowest BCUT2D eigenvalue weighted by atomic mass is 10.2. The Bertz CT molecular complexity index is 340. The molecule has 3 nitrogen and oxygen atoms in total. The number of nitrogens with zero attached hydrogens (tertiary/aromatic N) is 2. The van der Waals surface area contributed by atoms with Crippen molar-refractivity contribution in [2.24, 2.45) is 5.10 Å². The number of hydrogen-bond donors (Lipinski definition) is 1. The first kappa shape index (κ1) is 10.3. The van der Waals surface area contributed by atoms with Crippen LogP contribution in [0.2, 0.25) is 0 Å².